The van der Waals surface area contributed by atoms with E-state index < -0.39 is 0 Å². The molecule has 1 aromatic heterocycles. The molecule has 0 unspecified atom stereocenters. The fourth-order valence-corrected chi connectivity index (χ4v) is 2.12. The zero-order valence-corrected chi connectivity index (χ0v) is 11.4. The normalized spacial score (nSPS) is 11.5. The van der Waals surface area contributed by atoms with E-state index in [1.54, 1.807) is 0 Å². The highest BCUT2D eigenvalue weighted by atomic mass is 15.0. The number of H-pyrrole nitrogens is 1. The van der Waals surface area contributed by atoms with E-state index >= 15 is 0 Å². The molecule has 2 rings (SSSR count). The minimum Gasteiger partial charge on any atom is -0.361 e. The van der Waals surface area contributed by atoms with Crippen LogP contribution in [0.25, 0.3) is 10.9 Å². The van der Waals surface area contributed by atoms with Crippen LogP contribution in [-0.2, 0) is 6.54 Å². The minimum absolute atomic E-state index is 0.961. The number of hydrogen-bond donors (Lipinski definition) is 2. The van der Waals surface area contributed by atoms with Gasteiger partial charge in [-0.3, -0.25) is 0 Å². The summed E-state index contributed by atoms with van der Waals surface area (Å²) in [6.45, 7) is 3.24. The lowest BCUT2D eigenvalue weighted by molar-refractivity contribution is 0.391. The smallest absolute Gasteiger partial charge is 0.0454 e. The number of rotatable bonds is 7. The van der Waals surface area contributed by atoms with Crippen LogP contribution < -0.4 is 5.32 Å². The standard InChI is InChI=1S/C15H23N3/c1-18(2)10-4-3-8-16-12-13-5-6-15-14(11-13)7-9-17-15/h5-7,9,11,16-17H,3-4,8,10,12H2,1-2H3. The van der Waals surface area contributed by atoms with Crippen LogP contribution in [0.3, 0.4) is 0 Å². The van der Waals surface area contributed by atoms with Gasteiger partial charge in [0, 0.05) is 18.3 Å². The van der Waals surface area contributed by atoms with Crippen LogP contribution in [-0.4, -0.2) is 37.1 Å². The Morgan fingerprint density at radius 1 is 1.17 bits per heavy atom. The van der Waals surface area contributed by atoms with Crippen LogP contribution >= 0.6 is 0 Å². The molecule has 2 aromatic rings. The second-order valence-electron chi connectivity index (χ2n) is 5.09. The number of nitrogens with zero attached hydrogens (tertiary/aromatic N) is 1. The fraction of sp³-hybridized carbons (Fsp3) is 0.467. The zero-order chi connectivity index (χ0) is 12.8. The van der Waals surface area contributed by atoms with Crippen molar-refractivity contribution in [3.05, 3.63) is 36.0 Å². The highest BCUT2D eigenvalue weighted by Crippen LogP contribution is 2.13. The first-order valence-corrected chi connectivity index (χ1v) is 6.67. The van der Waals surface area contributed by atoms with Gasteiger partial charge < -0.3 is 15.2 Å². The van der Waals surface area contributed by atoms with Crippen molar-refractivity contribution in [3.63, 3.8) is 0 Å². The van der Waals surface area contributed by atoms with Crippen molar-refractivity contribution >= 4 is 10.9 Å². The summed E-state index contributed by atoms with van der Waals surface area (Å²) in [6.07, 6.45) is 4.49. The highest BCUT2D eigenvalue weighted by molar-refractivity contribution is 5.79. The van der Waals surface area contributed by atoms with E-state index in [4.69, 9.17) is 0 Å². The number of benzene rings is 1. The summed E-state index contributed by atoms with van der Waals surface area (Å²) in [4.78, 5) is 5.45. The molecule has 0 saturated heterocycles. The van der Waals surface area contributed by atoms with E-state index in [0.29, 0.717) is 0 Å². The van der Waals surface area contributed by atoms with Gasteiger partial charge in [-0.2, -0.15) is 0 Å². The van der Waals surface area contributed by atoms with E-state index in [2.05, 4.69) is 53.6 Å². The molecule has 3 nitrogen and oxygen atoms in total. The molecule has 1 aromatic carbocycles. The van der Waals surface area contributed by atoms with Gasteiger partial charge >= 0.3 is 0 Å². The number of fused-ring (bicyclic) bond motifs is 1. The predicted molar refractivity (Wildman–Crippen MR) is 77.8 cm³/mol. The van der Waals surface area contributed by atoms with Gasteiger partial charge in [-0.15, -0.1) is 0 Å². The molecule has 0 aliphatic rings. The van der Waals surface area contributed by atoms with Crippen molar-refractivity contribution < 1.29 is 0 Å². The maximum absolute atomic E-state index is 3.50. The Hall–Kier alpha value is -1.32. The summed E-state index contributed by atoms with van der Waals surface area (Å²) in [6, 6.07) is 8.71. The molecule has 98 valence electrons. The summed E-state index contributed by atoms with van der Waals surface area (Å²) in [5.74, 6) is 0. The lowest BCUT2D eigenvalue weighted by Gasteiger charge is -2.09. The third kappa shape index (κ3) is 3.86. The van der Waals surface area contributed by atoms with Crippen molar-refractivity contribution in [1.82, 2.24) is 15.2 Å². The predicted octanol–water partition coefficient (Wildman–Crippen LogP) is 2.60. The van der Waals surface area contributed by atoms with Gasteiger partial charge in [-0.05, 0) is 69.2 Å². The van der Waals surface area contributed by atoms with E-state index in [1.165, 1.54) is 35.9 Å². The Kier molecular flexibility index (Phi) is 4.79. The Labute approximate surface area is 109 Å². The number of aromatic amines is 1. The van der Waals surface area contributed by atoms with Gasteiger partial charge in [0.05, 0.1) is 0 Å². The SMILES string of the molecule is CN(C)CCCCNCc1ccc2[nH]ccc2c1. The number of aromatic nitrogens is 1. The lowest BCUT2D eigenvalue weighted by atomic mass is 10.1. The molecule has 0 atom stereocenters. The molecular formula is C15H23N3. The first-order valence-electron chi connectivity index (χ1n) is 6.67. The Balaban J connectivity index is 1.70. The maximum Gasteiger partial charge on any atom is 0.0454 e. The second-order valence-corrected chi connectivity index (χ2v) is 5.09. The van der Waals surface area contributed by atoms with Crippen molar-refractivity contribution in [2.75, 3.05) is 27.2 Å². The first-order chi connectivity index (χ1) is 8.75. The van der Waals surface area contributed by atoms with Gasteiger partial charge in [0.25, 0.3) is 0 Å². The van der Waals surface area contributed by atoms with Gasteiger partial charge in [-0.25, -0.2) is 0 Å². The average Bonchev–Trinajstić information content (AvgIpc) is 2.80. The van der Waals surface area contributed by atoms with E-state index in [-0.39, 0.29) is 0 Å². The third-order valence-electron chi connectivity index (χ3n) is 3.16. The van der Waals surface area contributed by atoms with Crippen molar-refractivity contribution in [2.24, 2.45) is 0 Å². The molecular weight excluding hydrogens is 222 g/mol. The number of nitrogens with one attached hydrogen (secondary N) is 2. The van der Waals surface area contributed by atoms with Crippen LogP contribution in [0.15, 0.2) is 30.5 Å². The van der Waals surface area contributed by atoms with Crippen LogP contribution in [0.5, 0.6) is 0 Å². The topological polar surface area (TPSA) is 31.1 Å². The van der Waals surface area contributed by atoms with E-state index in [1.807, 2.05) is 6.20 Å². The molecule has 2 N–H and O–H groups in total. The molecule has 0 bridgehead atoms. The summed E-state index contributed by atoms with van der Waals surface area (Å²) in [5, 5.41) is 4.80. The van der Waals surface area contributed by atoms with Gasteiger partial charge in [-0.1, -0.05) is 6.07 Å². The van der Waals surface area contributed by atoms with Crippen LogP contribution in [0, 0.1) is 0 Å². The summed E-state index contributed by atoms with van der Waals surface area (Å²) in [7, 11) is 4.25. The van der Waals surface area contributed by atoms with Crippen LogP contribution in [0.2, 0.25) is 0 Å². The van der Waals surface area contributed by atoms with Gasteiger partial charge in [0.15, 0.2) is 0 Å². The van der Waals surface area contributed by atoms with Gasteiger partial charge in [0.2, 0.25) is 0 Å². The van der Waals surface area contributed by atoms with E-state index in [0.717, 1.165) is 13.1 Å². The fourth-order valence-electron chi connectivity index (χ4n) is 2.12. The molecule has 0 aliphatic carbocycles. The quantitative estimate of drug-likeness (QED) is 0.735. The molecule has 0 fully saturated rings. The first kappa shape index (κ1) is 13.1. The molecule has 0 saturated carbocycles. The second kappa shape index (κ2) is 6.57. The molecule has 0 spiro atoms. The van der Waals surface area contributed by atoms with Crippen molar-refractivity contribution in [1.29, 1.82) is 0 Å². The summed E-state index contributed by atoms with van der Waals surface area (Å²) >= 11 is 0. The Bertz CT molecular complexity index is 473. The highest BCUT2D eigenvalue weighted by Gasteiger charge is 1.97. The molecule has 1 heterocycles. The molecule has 0 radical (unpaired) electrons. The number of unbranched alkanes of at least 4 members (excludes halogenated alkanes) is 1. The van der Waals surface area contributed by atoms with Gasteiger partial charge in [0.1, 0.15) is 0 Å². The zero-order valence-electron chi connectivity index (χ0n) is 11.4. The molecule has 0 amide bonds. The van der Waals surface area contributed by atoms with Crippen LogP contribution in [0.1, 0.15) is 18.4 Å². The minimum atomic E-state index is 0.961. The monoisotopic (exact) mass is 245 g/mol. The lowest BCUT2D eigenvalue weighted by Crippen LogP contribution is -2.18. The Morgan fingerprint density at radius 3 is 2.89 bits per heavy atom. The number of hydrogen-bond acceptors (Lipinski definition) is 2. The maximum atomic E-state index is 3.50. The molecule has 18 heavy (non-hydrogen) atoms. The van der Waals surface area contributed by atoms with E-state index in [9.17, 15) is 0 Å². The average molecular weight is 245 g/mol. The van der Waals surface area contributed by atoms with Crippen molar-refractivity contribution in [2.45, 2.75) is 19.4 Å². The summed E-state index contributed by atoms with van der Waals surface area (Å²) in [5.41, 5.74) is 2.57. The Morgan fingerprint density at radius 2 is 2.06 bits per heavy atom. The third-order valence-corrected chi connectivity index (χ3v) is 3.16. The largest absolute Gasteiger partial charge is 0.361 e. The molecule has 0 aliphatic heterocycles. The molecule has 3 heteroatoms. The van der Waals surface area contributed by atoms with Crippen molar-refractivity contribution in [3.8, 4) is 0 Å². The summed E-state index contributed by atoms with van der Waals surface area (Å²) < 4.78 is 0. The van der Waals surface area contributed by atoms with Crippen LogP contribution in [0.4, 0.5) is 0 Å².